The molecule has 2 amide bonds. The number of carbonyl (C=O) groups excluding carboxylic acids is 2. The lowest BCUT2D eigenvalue weighted by Gasteiger charge is -2.35. The van der Waals surface area contributed by atoms with Crippen LogP contribution < -0.4 is 9.62 Å². The van der Waals surface area contributed by atoms with Gasteiger partial charge in [-0.3, -0.25) is 13.9 Å². The molecule has 7 nitrogen and oxygen atoms in total. The Morgan fingerprint density at radius 3 is 2.17 bits per heavy atom. The Morgan fingerprint density at radius 1 is 0.927 bits per heavy atom. The van der Waals surface area contributed by atoms with Gasteiger partial charge in [0.15, 0.2) is 0 Å². The predicted molar refractivity (Wildman–Crippen MR) is 167 cm³/mol. The first-order valence-electron chi connectivity index (χ1n) is 13.7. The Morgan fingerprint density at radius 2 is 1.56 bits per heavy atom. The van der Waals surface area contributed by atoms with Crippen molar-refractivity contribution >= 4 is 55.1 Å². The summed E-state index contributed by atoms with van der Waals surface area (Å²) in [5.41, 5.74) is 2.04. The number of carbonyl (C=O) groups is 2. The van der Waals surface area contributed by atoms with E-state index in [2.05, 4.69) is 21.2 Å². The minimum Gasteiger partial charge on any atom is -0.352 e. The third kappa shape index (κ3) is 9.05. The van der Waals surface area contributed by atoms with Crippen molar-refractivity contribution < 1.29 is 18.0 Å². The summed E-state index contributed by atoms with van der Waals surface area (Å²) in [5.74, 6) is -0.717. The number of sulfonamides is 1. The first kappa shape index (κ1) is 31.1. The van der Waals surface area contributed by atoms with E-state index in [0.717, 1.165) is 58.3 Å². The number of halogens is 2. The first-order chi connectivity index (χ1) is 19.6. The van der Waals surface area contributed by atoms with E-state index < -0.39 is 28.5 Å². The lowest BCUT2D eigenvalue weighted by molar-refractivity contribution is -0.140. The maximum Gasteiger partial charge on any atom is 0.244 e. The summed E-state index contributed by atoms with van der Waals surface area (Å²) < 4.78 is 27.6. The second-order valence-corrected chi connectivity index (χ2v) is 13.7. The highest BCUT2D eigenvalue weighted by Crippen LogP contribution is 2.24. The summed E-state index contributed by atoms with van der Waals surface area (Å²) >= 11 is 9.49. The average Bonchev–Trinajstić information content (AvgIpc) is 2.95. The molecular formula is C31H35BrClN3O4S. The van der Waals surface area contributed by atoms with E-state index in [9.17, 15) is 18.0 Å². The van der Waals surface area contributed by atoms with Crippen LogP contribution in [0.5, 0.6) is 0 Å². The Labute approximate surface area is 256 Å². The van der Waals surface area contributed by atoms with Gasteiger partial charge in [-0.15, -0.1) is 0 Å². The number of nitrogens with one attached hydrogen (secondary N) is 1. The van der Waals surface area contributed by atoms with Crippen molar-refractivity contribution in [2.24, 2.45) is 0 Å². The number of nitrogens with zero attached hydrogens (tertiary/aromatic N) is 2. The number of hydrogen-bond donors (Lipinski definition) is 1. The van der Waals surface area contributed by atoms with Crippen LogP contribution in [0.4, 0.5) is 5.69 Å². The van der Waals surface area contributed by atoms with Crippen molar-refractivity contribution in [2.75, 3.05) is 17.1 Å². The zero-order valence-electron chi connectivity index (χ0n) is 23.0. The van der Waals surface area contributed by atoms with Gasteiger partial charge in [0, 0.05) is 28.5 Å². The van der Waals surface area contributed by atoms with Crippen LogP contribution >= 0.6 is 27.5 Å². The molecule has 1 aliphatic rings. The van der Waals surface area contributed by atoms with E-state index in [-0.39, 0.29) is 24.9 Å². The molecule has 1 saturated carbocycles. The van der Waals surface area contributed by atoms with Gasteiger partial charge in [-0.05, 0) is 60.4 Å². The van der Waals surface area contributed by atoms with Crippen molar-refractivity contribution in [1.29, 1.82) is 0 Å². The van der Waals surface area contributed by atoms with Crippen molar-refractivity contribution in [3.8, 4) is 0 Å². The van der Waals surface area contributed by atoms with E-state index in [1.54, 1.807) is 36.4 Å². The number of benzene rings is 3. The third-order valence-corrected chi connectivity index (χ3v) is 9.20. The topological polar surface area (TPSA) is 86.8 Å². The minimum atomic E-state index is -3.81. The summed E-state index contributed by atoms with van der Waals surface area (Å²) in [5, 5.41) is 3.76. The van der Waals surface area contributed by atoms with Crippen LogP contribution in [0.15, 0.2) is 83.3 Å². The fourth-order valence-electron chi connectivity index (χ4n) is 5.11. The smallest absolute Gasteiger partial charge is 0.244 e. The molecule has 10 heteroatoms. The van der Waals surface area contributed by atoms with Crippen LogP contribution in [0, 0.1) is 0 Å². The molecule has 0 radical (unpaired) electrons. The average molecular weight is 661 g/mol. The molecule has 0 aromatic heterocycles. The minimum absolute atomic E-state index is 0.0530. The van der Waals surface area contributed by atoms with Gasteiger partial charge >= 0.3 is 0 Å². The van der Waals surface area contributed by atoms with Crippen LogP contribution in [-0.4, -0.2) is 50.0 Å². The zero-order valence-corrected chi connectivity index (χ0v) is 26.2. The van der Waals surface area contributed by atoms with Crippen molar-refractivity contribution in [2.45, 2.75) is 57.2 Å². The quantitative estimate of drug-likeness (QED) is 0.275. The Kier molecular flexibility index (Phi) is 10.9. The summed E-state index contributed by atoms with van der Waals surface area (Å²) in [6.07, 6.45) is 6.43. The summed E-state index contributed by atoms with van der Waals surface area (Å²) in [6, 6.07) is 22.6. The zero-order chi connectivity index (χ0) is 29.4. The number of amides is 2. The maximum absolute atomic E-state index is 14.1. The monoisotopic (exact) mass is 659 g/mol. The normalized spacial score (nSPS) is 14.7. The van der Waals surface area contributed by atoms with Crippen LogP contribution in [0.1, 0.15) is 43.2 Å². The lowest BCUT2D eigenvalue weighted by Crippen LogP contribution is -2.55. The van der Waals surface area contributed by atoms with Gasteiger partial charge in [0.2, 0.25) is 21.8 Å². The largest absolute Gasteiger partial charge is 0.352 e. The van der Waals surface area contributed by atoms with E-state index in [1.807, 2.05) is 42.5 Å². The van der Waals surface area contributed by atoms with Crippen molar-refractivity contribution in [1.82, 2.24) is 10.2 Å². The Bertz CT molecular complexity index is 1410. The van der Waals surface area contributed by atoms with Gasteiger partial charge in [-0.25, -0.2) is 8.42 Å². The molecule has 0 heterocycles. The molecule has 0 bridgehead atoms. The second kappa shape index (κ2) is 14.3. The van der Waals surface area contributed by atoms with E-state index in [1.165, 1.54) is 4.90 Å². The summed E-state index contributed by atoms with van der Waals surface area (Å²) in [6.45, 7) is -0.334. The molecule has 41 heavy (non-hydrogen) atoms. The van der Waals surface area contributed by atoms with Gasteiger partial charge in [0.1, 0.15) is 12.6 Å². The highest BCUT2D eigenvalue weighted by Gasteiger charge is 2.34. The summed E-state index contributed by atoms with van der Waals surface area (Å²) in [4.78, 5) is 29.6. The fourth-order valence-corrected chi connectivity index (χ4v) is 6.35. The molecule has 1 aliphatic carbocycles. The molecule has 4 rings (SSSR count). The van der Waals surface area contributed by atoms with E-state index in [4.69, 9.17) is 11.6 Å². The molecule has 3 aromatic rings. The second-order valence-electron chi connectivity index (χ2n) is 10.4. The van der Waals surface area contributed by atoms with Gasteiger partial charge in [-0.2, -0.15) is 0 Å². The van der Waals surface area contributed by atoms with Crippen LogP contribution in [0.3, 0.4) is 0 Å². The highest BCUT2D eigenvalue weighted by molar-refractivity contribution is 9.10. The molecule has 218 valence electrons. The van der Waals surface area contributed by atoms with Crippen molar-refractivity contribution in [3.63, 3.8) is 0 Å². The number of rotatable bonds is 11. The van der Waals surface area contributed by atoms with E-state index in [0.29, 0.717) is 10.7 Å². The van der Waals surface area contributed by atoms with Gasteiger partial charge in [-0.1, -0.05) is 89.3 Å². The molecule has 3 aromatic carbocycles. The van der Waals surface area contributed by atoms with Gasteiger partial charge in [0.05, 0.1) is 11.9 Å². The standard InChI is InChI=1S/C31H35BrClN3O4S/c1-41(39,40)36(28-18-14-25(32)15-19-28)22-30(37)35(21-24-12-16-26(33)17-13-24)29(20-23-8-4-2-5-9-23)31(38)34-27-10-6-3-7-11-27/h2,4-5,8-9,12-19,27,29H,3,6-7,10-11,20-22H2,1H3,(H,34,38)/t29-/m0/s1. The van der Waals surface area contributed by atoms with Crippen LogP contribution in [0.2, 0.25) is 5.02 Å². The Balaban J connectivity index is 1.71. The van der Waals surface area contributed by atoms with E-state index >= 15 is 0 Å². The molecule has 0 unspecified atom stereocenters. The predicted octanol–water partition coefficient (Wildman–Crippen LogP) is 5.96. The van der Waals surface area contributed by atoms with Crippen molar-refractivity contribution in [3.05, 3.63) is 99.5 Å². The van der Waals surface area contributed by atoms with Gasteiger partial charge in [0.25, 0.3) is 0 Å². The Hall–Kier alpha value is -2.88. The number of anilines is 1. The lowest BCUT2D eigenvalue weighted by atomic mass is 9.94. The first-order valence-corrected chi connectivity index (χ1v) is 16.7. The molecule has 1 N–H and O–H groups in total. The molecule has 0 aliphatic heterocycles. The summed E-state index contributed by atoms with van der Waals surface area (Å²) in [7, 11) is -3.81. The van der Waals surface area contributed by atoms with Crippen LogP contribution in [-0.2, 0) is 32.6 Å². The molecular weight excluding hydrogens is 626 g/mol. The van der Waals surface area contributed by atoms with Gasteiger partial charge < -0.3 is 10.2 Å². The fraction of sp³-hybridized carbons (Fsp3) is 0.355. The highest BCUT2D eigenvalue weighted by atomic mass is 79.9. The molecule has 0 saturated heterocycles. The van der Waals surface area contributed by atoms with Crippen LogP contribution in [0.25, 0.3) is 0 Å². The maximum atomic E-state index is 14.1. The number of hydrogen-bond acceptors (Lipinski definition) is 4. The molecule has 1 fully saturated rings. The molecule has 0 spiro atoms. The SMILES string of the molecule is CS(=O)(=O)N(CC(=O)N(Cc1ccc(Cl)cc1)[C@@H](Cc1ccccc1)C(=O)NC1CCCCC1)c1ccc(Br)cc1. The third-order valence-electron chi connectivity index (χ3n) is 7.28. The molecule has 1 atom stereocenters.